The lowest BCUT2D eigenvalue weighted by molar-refractivity contribution is -0.355. The molecule has 5 saturated carbocycles. The van der Waals surface area contributed by atoms with E-state index in [2.05, 4.69) is 4.90 Å². The molecule has 2 unspecified atom stereocenters. The van der Waals surface area contributed by atoms with Gasteiger partial charge in [0, 0.05) is 83.5 Å². The summed E-state index contributed by atoms with van der Waals surface area (Å²) in [6.07, 6.45) is -7.38. The molecule has 6 fully saturated rings. The number of nitrogens with zero attached hydrogens (tertiary/aromatic N) is 1. The molecule has 0 radical (unpaired) electrons. The van der Waals surface area contributed by atoms with Crippen LogP contribution in [0.4, 0.5) is 0 Å². The second-order valence-electron chi connectivity index (χ2n) is 14.6. The van der Waals surface area contributed by atoms with E-state index < -0.39 is 106 Å². The number of piperidine rings is 1. The van der Waals surface area contributed by atoms with Gasteiger partial charge in [0.25, 0.3) is 0 Å². The summed E-state index contributed by atoms with van der Waals surface area (Å²) in [5.74, 6) is -4.34. The van der Waals surface area contributed by atoms with Gasteiger partial charge in [-0.1, -0.05) is 25.1 Å². The molecule has 13 nitrogen and oxygen atoms in total. The molecule has 1 saturated heterocycles. The minimum Gasteiger partial charge on any atom is -0.455 e. The molecular weight excluding hydrogens is 614 g/mol. The van der Waals surface area contributed by atoms with Gasteiger partial charge < -0.3 is 48.8 Å². The third-order valence-corrected chi connectivity index (χ3v) is 13.2. The van der Waals surface area contributed by atoms with E-state index in [1.165, 1.54) is 28.3 Å². The molecule has 0 amide bonds. The maximum Gasteiger partial charge on any atom is 0.338 e. The SMILES string of the molecule is CCN1C[C@@]2(COC)C3[C@@H](OC)[C@H]4[C@@H]1[C@]3([C@@H](OC)C[C@H]2O)[C@]1(O)C[C@@]2(O)[C@H](OC(=O)c3ccccc3)C1[C@]4(OC(C)=O)[C@@H](O)[C@@H]2OC. The van der Waals surface area contributed by atoms with Crippen LogP contribution in [0.3, 0.4) is 0 Å². The van der Waals surface area contributed by atoms with Gasteiger partial charge in [0.15, 0.2) is 5.60 Å². The third-order valence-electron chi connectivity index (χ3n) is 13.2. The molecule has 5 aliphatic carbocycles. The van der Waals surface area contributed by atoms with Crippen molar-refractivity contribution in [2.75, 3.05) is 48.1 Å². The highest BCUT2D eigenvalue weighted by Gasteiger charge is 2.96. The predicted octanol–water partition coefficient (Wildman–Crippen LogP) is -0.237. The molecule has 1 spiro atoms. The molecule has 6 aliphatic rings. The Labute approximate surface area is 274 Å². The normalized spacial score (nSPS) is 50.7. The molecular formula is C34H47NO12. The fourth-order valence-corrected chi connectivity index (χ4v) is 12.3. The Balaban J connectivity index is 1.57. The highest BCUT2D eigenvalue weighted by Crippen LogP contribution is 2.81. The number of rotatable bonds is 9. The molecule has 1 heterocycles. The number of esters is 2. The van der Waals surface area contributed by atoms with Crippen LogP contribution in [0.2, 0.25) is 0 Å². The van der Waals surface area contributed by atoms with Crippen LogP contribution in [-0.2, 0) is 33.2 Å². The van der Waals surface area contributed by atoms with Crippen LogP contribution < -0.4 is 0 Å². The van der Waals surface area contributed by atoms with Crippen molar-refractivity contribution in [1.29, 1.82) is 0 Å². The number of carbonyl (C=O) groups excluding carboxylic acids is 2. The molecule has 7 bridgehead atoms. The lowest BCUT2D eigenvalue weighted by Crippen LogP contribution is -2.85. The predicted molar refractivity (Wildman–Crippen MR) is 162 cm³/mol. The molecule has 15 atom stereocenters. The van der Waals surface area contributed by atoms with Gasteiger partial charge in [-0.05, 0) is 18.7 Å². The first-order valence-electron chi connectivity index (χ1n) is 16.4. The van der Waals surface area contributed by atoms with Gasteiger partial charge in [-0.2, -0.15) is 0 Å². The largest absolute Gasteiger partial charge is 0.455 e. The first-order chi connectivity index (χ1) is 22.3. The van der Waals surface area contributed by atoms with Crippen LogP contribution in [0, 0.1) is 28.6 Å². The summed E-state index contributed by atoms with van der Waals surface area (Å²) in [7, 11) is 5.94. The molecule has 13 heteroatoms. The topological polar surface area (TPSA) is 174 Å². The van der Waals surface area contributed by atoms with E-state index >= 15 is 0 Å². The number of carbonyl (C=O) groups is 2. The van der Waals surface area contributed by atoms with E-state index in [4.69, 9.17) is 28.4 Å². The summed E-state index contributed by atoms with van der Waals surface area (Å²) in [6, 6.07) is 7.64. The van der Waals surface area contributed by atoms with Crippen molar-refractivity contribution in [1.82, 2.24) is 4.90 Å². The Morgan fingerprint density at radius 2 is 1.68 bits per heavy atom. The first kappa shape index (κ1) is 33.3. The third kappa shape index (κ3) is 3.65. The quantitative estimate of drug-likeness (QED) is 0.256. The van der Waals surface area contributed by atoms with E-state index in [1.54, 1.807) is 37.4 Å². The van der Waals surface area contributed by atoms with Crippen molar-refractivity contribution in [3.8, 4) is 0 Å². The van der Waals surface area contributed by atoms with E-state index in [1.807, 2.05) is 6.92 Å². The second kappa shape index (κ2) is 10.9. The number of hydrogen-bond donors (Lipinski definition) is 4. The fourth-order valence-electron chi connectivity index (χ4n) is 12.3. The number of aliphatic hydroxyl groups is 4. The smallest absolute Gasteiger partial charge is 0.338 e. The lowest BCUT2D eigenvalue weighted by Gasteiger charge is -2.72. The zero-order valence-electron chi connectivity index (χ0n) is 27.7. The zero-order chi connectivity index (χ0) is 33.9. The van der Waals surface area contributed by atoms with Crippen LogP contribution in [-0.4, -0.2) is 145 Å². The number of fused-ring (bicyclic) bond motifs is 2. The minimum absolute atomic E-state index is 0.119. The zero-order valence-corrected chi connectivity index (χ0v) is 27.7. The average molecular weight is 662 g/mol. The van der Waals surface area contributed by atoms with Gasteiger partial charge in [-0.3, -0.25) is 9.69 Å². The maximum absolute atomic E-state index is 13.8. The van der Waals surface area contributed by atoms with Crippen LogP contribution in [0.1, 0.15) is 37.0 Å². The number of ether oxygens (including phenoxy) is 6. The molecule has 4 N–H and O–H groups in total. The number of benzene rings is 1. The van der Waals surface area contributed by atoms with E-state index in [0.29, 0.717) is 13.1 Å². The van der Waals surface area contributed by atoms with Crippen molar-refractivity contribution >= 4 is 11.9 Å². The average Bonchev–Trinajstić information content (AvgIpc) is 3.39. The van der Waals surface area contributed by atoms with E-state index in [-0.39, 0.29) is 18.6 Å². The summed E-state index contributed by atoms with van der Waals surface area (Å²) in [6.45, 7) is 4.15. The summed E-state index contributed by atoms with van der Waals surface area (Å²) in [5, 5.41) is 51.1. The number of aliphatic hydroxyl groups excluding tert-OH is 2. The maximum atomic E-state index is 13.8. The first-order valence-corrected chi connectivity index (χ1v) is 16.4. The van der Waals surface area contributed by atoms with Gasteiger partial charge in [0.05, 0.1) is 42.0 Å². The Kier molecular flexibility index (Phi) is 7.72. The van der Waals surface area contributed by atoms with Gasteiger partial charge in [0.1, 0.15) is 23.9 Å². The summed E-state index contributed by atoms with van der Waals surface area (Å²) < 4.78 is 36.9. The standard InChI is InChI=1S/C34H47NO12/c1-7-35-15-30(16-42-3)19(37)13-20(43-4)33-23(30)22(44-5)21(25(33)35)34(47-17(2)36)24-27(46-29(39)18-11-9-8-10-12-18)31(40,14-32(24,33)41)28(45-6)26(34)38/h8-12,19-28,37-38,40-41H,7,13-16H2,1-6H3/t19-,20+,21+,22+,23?,24?,25-,26+,27-,28+,30+,31-,32+,33-,34+/m1/s1. The molecule has 1 aromatic rings. The van der Waals surface area contributed by atoms with Gasteiger partial charge in [-0.25, -0.2) is 4.79 Å². The highest BCUT2D eigenvalue weighted by molar-refractivity contribution is 5.89. The van der Waals surface area contributed by atoms with Gasteiger partial charge in [0.2, 0.25) is 0 Å². The Bertz CT molecular complexity index is 1410. The van der Waals surface area contributed by atoms with Crippen molar-refractivity contribution in [3.05, 3.63) is 35.9 Å². The highest BCUT2D eigenvalue weighted by atomic mass is 16.6. The second-order valence-corrected chi connectivity index (χ2v) is 14.6. The van der Waals surface area contributed by atoms with Crippen molar-refractivity contribution < 1.29 is 58.4 Å². The van der Waals surface area contributed by atoms with E-state index in [0.717, 1.165) is 0 Å². The number of methoxy groups -OCH3 is 4. The Morgan fingerprint density at radius 1 is 0.979 bits per heavy atom. The Morgan fingerprint density at radius 3 is 2.26 bits per heavy atom. The summed E-state index contributed by atoms with van der Waals surface area (Å²) >= 11 is 0. The Hall–Kier alpha value is -2.20. The number of hydrogen-bond acceptors (Lipinski definition) is 13. The molecule has 7 rings (SSSR count). The summed E-state index contributed by atoms with van der Waals surface area (Å²) in [5.41, 5.74) is -8.15. The molecule has 1 aliphatic heterocycles. The van der Waals surface area contributed by atoms with Gasteiger partial charge >= 0.3 is 11.9 Å². The fraction of sp³-hybridized carbons (Fsp3) is 0.765. The van der Waals surface area contributed by atoms with E-state index in [9.17, 15) is 30.0 Å². The monoisotopic (exact) mass is 661 g/mol. The van der Waals surface area contributed by atoms with Crippen LogP contribution in [0.15, 0.2) is 30.3 Å². The van der Waals surface area contributed by atoms with Crippen molar-refractivity contribution in [2.24, 2.45) is 28.6 Å². The lowest BCUT2D eigenvalue weighted by atomic mass is 9.40. The minimum atomic E-state index is -2.12. The van der Waals surface area contributed by atoms with Crippen LogP contribution >= 0.6 is 0 Å². The van der Waals surface area contributed by atoms with Gasteiger partial charge in [-0.15, -0.1) is 0 Å². The van der Waals surface area contributed by atoms with Crippen LogP contribution in [0.5, 0.6) is 0 Å². The van der Waals surface area contributed by atoms with Crippen molar-refractivity contribution in [3.63, 3.8) is 0 Å². The number of likely N-dealkylation sites (tertiary alicyclic amines) is 1. The summed E-state index contributed by atoms with van der Waals surface area (Å²) in [4.78, 5) is 29.2. The van der Waals surface area contributed by atoms with Crippen LogP contribution in [0.25, 0.3) is 0 Å². The molecule has 1 aromatic carbocycles. The molecule has 47 heavy (non-hydrogen) atoms. The van der Waals surface area contributed by atoms with Crippen molar-refractivity contribution in [2.45, 2.75) is 86.2 Å². The molecule has 0 aromatic heterocycles. The molecule has 260 valence electrons.